The van der Waals surface area contributed by atoms with E-state index in [0.717, 1.165) is 11.0 Å². The molecule has 0 fully saturated rings. The van der Waals surface area contributed by atoms with Crippen molar-refractivity contribution in [1.82, 2.24) is 9.97 Å². The number of para-hydroxylation sites is 1. The van der Waals surface area contributed by atoms with Gasteiger partial charge in [-0.15, -0.1) is 11.8 Å². The summed E-state index contributed by atoms with van der Waals surface area (Å²) < 4.78 is 5.60. The molecule has 0 saturated carbocycles. The summed E-state index contributed by atoms with van der Waals surface area (Å²) in [7, 11) is 0. The van der Waals surface area contributed by atoms with Gasteiger partial charge in [-0.05, 0) is 24.5 Å². The molecule has 6 heteroatoms. The van der Waals surface area contributed by atoms with Crippen molar-refractivity contribution in [2.75, 3.05) is 6.26 Å². The maximum Gasteiger partial charge on any atom is 0.328 e. The molecule has 0 amide bonds. The van der Waals surface area contributed by atoms with Gasteiger partial charge in [-0.3, -0.25) is 0 Å². The Balaban J connectivity index is 2.13. The minimum Gasteiger partial charge on any atom is -0.478 e. The lowest BCUT2D eigenvalue weighted by Gasteiger charge is -2.07. The normalized spacial score (nSPS) is 10.7. The lowest BCUT2D eigenvalue weighted by molar-refractivity contribution is -0.131. The van der Waals surface area contributed by atoms with Gasteiger partial charge in [-0.25, -0.2) is 14.8 Å². The fourth-order valence-corrected chi connectivity index (χ4v) is 1.96. The number of aromatic nitrogens is 2. The molecule has 2 aromatic rings. The van der Waals surface area contributed by atoms with E-state index in [4.69, 9.17) is 9.84 Å². The molecule has 2 rings (SSSR count). The van der Waals surface area contributed by atoms with Crippen LogP contribution < -0.4 is 4.74 Å². The molecule has 0 aliphatic heterocycles. The number of thioether (sulfide) groups is 1. The van der Waals surface area contributed by atoms with Crippen LogP contribution in [0, 0.1) is 0 Å². The van der Waals surface area contributed by atoms with Crippen molar-refractivity contribution in [3.63, 3.8) is 0 Å². The second-order valence-corrected chi connectivity index (χ2v) is 4.57. The van der Waals surface area contributed by atoms with Crippen LogP contribution in [0.15, 0.2) is 47.6 Å². The minimum absolute atomic E-state index is 0.221. The molecular weight excluding hydrogens is 276 g/mol. The first kappa shape index (κ1) is 14.1. The van der Waals surface area contributed by atoms with Crippen LogP contribution in [0.3, 0.4) is 0 Å². The molecule has 0 atom stereocenters. The van der Waals surface area contributed by atoms with Crippen molar-refractivity contribution in [3.8, 4) is 11.8 Å². The van der Waals surface area contributed by atoms with E-state index >= 15 is 0 Å². The first-order chi connectivity index (χ1) is 9.69. The number of hydrogen-bond donors (Lipinski definition) is 1. The molecule has 0 aliphatic carbocycles. The first-order valence-corrected chi connectivity index (χ1v) is 6.95. The van der Waals surface area contributed by atoms with Crippen molar-refractivity contribution in [2.45, 2.75) is 4.90 Å². The summed E-state index contributed by atoms with van der Waals surface area (Å²) >= 11 is 1.57. The number of benzene rings is 1. The molecule has 1 N–H and O–H groups in total. The molecule has 1 aromatic carbocycles. The minimum atomic E-state index is -1.01. The van der Waals surface area contributed by atoms with E-state index in [-0.39, 0.29) is 6.01 Å². The highest BCUT2D eigenvalue weighted by atomic mass is 32.2. The average molecular weight is 288 g/mol. The Morgan fingerprint density at radius 2 is 2.00 bits per heavy atom. The van der Waals surface area contributed by atoms with E-state index in [1.165, 1.54) is 18.5 Å². The number of carbonyl (C=O) groups is 1. The highest BCUT2D eigenvalue weighted by molar-refractivity contribution is 7.98. The number of ether oxygens (including phenoxy) is 1. The Bertz CT molecular complexity index is 627. The summed E-state index contributed by atoms with van der Waals surface area (Å²) in [6.07, 6.45) is 7.42. The topological polar surface area (TPSA) is 72.3 Å². The van der Waals surface area contributed by atoms with Crippen LogP contribution >= 0.6 is 11.8 Å². The van der Waals surface area contributed by atoms with E-state index < -0.39 is 5.97 Å². The van der Waals surface area contributed by atoms with Crippen LogP contribution in [0.25, 0.3) is 6.08 Å². The number of carboxylic acid groups (broad SMARTS) is 1. The third-order valence-corrected chi connectivity index (χ3v) is 3.11. The monoisotopic (exact) mass is 288 g/mol. The van der Waals surface area contributed by atoms with Crippen molar-refractivity contribution in [3.05, 3.63) is 48.3 Å². The van der Waals surface area contributed by atoms with Crippen LogP contribution in [0.2, 0.25) is 0 Å². The Morgan fingerprint density at radius 1 is 1.30 bits per heavy atom. The molecule has 0 radical (unpaired) electrons. The summed E-state index contributed by atoms with van der Waals surface area (Å²) in [6, 6.07) is 7.81. The lowest BCUT2D eigenvalue weighted by atomic mass is 10.3. The summed E-state index contributed by atoms with van der Waals surface area (Å²) in [6.45, 7) is 0. The Hall–Kier alpha value is -2.34. The van der Waals surface area contributed by atoms with E-state index in [1.54, 1.807) is 11.8 Å². The van der Waals surface area contributed by atoms with E-state index in [1.807, 2.05) is 30.5 Å². The number of hydrogen-bond acceptors (Lipinski definition) is 5. The van der Waals surface area contributed by atoms with Gasteiger partial charge in [0.1, 0.15) is 5.75 Å². The molecule has 1 heterocycles. The van der Waals surface area contributed by atoms with Crippen molar-refractivity contribution >= 4 is 23.8 Å². The SMILES string of the molecule is CSc1ccccc1Oc1ncc(/C=C/C(=O)O)cn1. The molecule has 1 aromatic heterocycles. The predicted octanol–water partition coefficient (Wildman–Crippen LogP) is 3.09. The summed E-state index contributed by atoms with van der Waals surface area (Å²) in [5.41, 5.74) is 0.595. The van der Waals surface area contributed by atoms with Gasteiger partial charge in [-0.1, -0.05) is 12.1 Å². The Morgan fingerprint density at radius 3 is 2.65 bits per heavy atom. The molecular formula is C14H12N2O3S. The fraction of sp³-hybridized carbons (Fsp3) is 0.0714. The molecule has 0 saturated heterocycles. The van der Waals surface area contributed by atoms with E-state index in [2.05, 4.69) is 9.97 Å². The van der Waals surface area contributed by atoms with Gasteiger partial charge < -0.3 is 9.84 Å². The van der Waals surface area contributed by atoms with Crippen LogP contribution in [0.5, 0.6) is 11.8 Å². The molecule has 0 unspecified atom stereocenters. The lowest BCUT2D eigenvalue weighted by Crippen LogP contribution is -1.93. The molecule has 0 bridgehead atoms. The van der Waals surface area contributed by atoms with Crippen molar-refractivity contribution < 1.29 is 14.6 Å². The summed E-state index contributed by atoms with van der Waals surface area (Å²) in [4.78, 5) is 19.5. The molecule has 0 aliphatic rings. The number of carboxylic acids is 1. The van der Waals surface area contributed by atoms with Gasteiger partial charge in [0.2, 0.25) is 0 Å². The number of rotatable bonds is 5. The molecule has 0 spiro atoms. The standard InChI is InChI=1S/C14H12N2O3S/c1-20-12-5-3-2-4-11(12)19-14-15-8-10(9-16-14)6-7-13(17)18/h2-9H,1H3,(H,17,18)/b7-6+. The number of aliphatic carboxylic acids is 1. The summed E-state index contributed by atoms with van der Waals surface area (Å²) in [5.74, 6) is -0.326. The van der Waals surface area contributed by atoms with Crippen LogP contribution in [0.4, 0.5) is 0 Å². The molecule has 20 heavy (non-hydrogen) atoms. The van der Waals surface area contributed by atoms with Gasteiger partial charge in [0.25, 0.3) is 0 Å². The third kappa shape index (κ3) is 3.83. The quantitative estimate of drug-likeness (QED) is 0.673. The second-order valence-electron chi connectivity index (χ2n) is 3.72. The first-order valence-electron chi connectivity index (χ1n) is 5.73. The maximum absolute atomic E-state index is 10.4. The molecule has 102 valence electrons. The van der Waals surface area contributed by atoms with Crippen LogP contribution in [-0.4, -0.2) is 27.3 Å². The van der Waals surface area contributed by atoms with Gasteiger partial charge in [0.15, 0.2) is 0 Å². The third-order valence-electron chi connectivity index (χ3n) is 2.34. The summed E-state index contributed by atoms with van der Waals surface area (Å²) in [5, 5.41) is 8.53. The zero-order chi connectivity index (χ0) is 14.4. The van der Waals surface area contributed by atoms with Gasteiger partial charge in [0, 0.05) is 28.9 Å². The van der Waals surface area contributed by atoms with Gasteiger partial charge in [0.05, 0.1) is 0 Å². The van der Waals surface area contributed by atoms with Gasteiger partial charge >= 0.3 is 12.0 Å². The largest absolute Gasteiger partial charge is 0.478 e. The van der Waals surface area contributed by atoms with Crippen LogP contribution in [0.1, 0.15) is 5.56 Å². The molecule has 5 nitrogen and oxygen atoms in total. The smallest absolute Gasteiger partial charge is 0.328 e. The zero-order valence-corrected chi connectivity index (χ0v) is 11.5. The number of nitrogens with zero attached hydrogens (tertiary/aromatic N) is 2. The van der Waals surface area contributed by atoms with E-state index in [9.17, 15) is 4.79 Å². The van der Waals surface area contributed by atoms with Crippen molar-refractivity contribution in [1.29, 1.82) is 0 Å². The van der Waals surface area contributed by atoms with Gasteiger partial charge in [-0.2, -0.15) is 0 Å². The van der Waals surface area contributed by atoms with Crippen molar-refractivity contribution in [2.24, 2.45) is 0 Å². The predicted molar refractivity (Wildman–Crippen MR) is 77.0 cm³/mol. The highest BCUT2D eigenvalue weighted by Crippen LogP contribution is 2.29. The second kappa shape index (κ2) is 6.72. The average Bonchev–Trinajstić information content (AvgIpc) is 2.47. The maximum atomic E-state index is 10.4. The van der Waals surface area contributed by atoms with E-state index in [0.29, 0.717) is 11.3 Å². The Labute approximate surface area is 120 Å². The fourth-order valence-electron chi connectivity index (χ4n) is 1.43. The zero-order valence-electron chi connectivity index (χ0n) is 10.7. The van der Waals surface area contributed by atoms with Crippen LogP contribution in [-0.2, 0) is 4.79 Å². The Kier molecular flexibility index (Phi) is 4.73. The highest BCUT2D eigenvalue weighted by Gasteiger charge is 2.05.